The van der Waals surface area contributed by atoms with Crippen LogP contribution in [0.1, 0.15) is 41.3 Å². The maximum Gasteiger partial charge on any atom is 0.295 e. The van der Waals surface area contributed by atoms with Crippen LogP contribution in [0, 0.1) is 19.8 Å². The van der Waals surface area contributed by atoms with Crippen LogP contribution in [-0.4, -0.2) is 39.9 Å². The second-order valence-corrected chi connectivity index (χ2v) is 9.35. The number of anilines is 1. The Balaban J connectivity index is 1.41. The number of nitrogens with one attached hydrogen (secondary N) is 1. The lowest BCUT2D eigenvalue weighted by molar-refractivity contribution is 0.0540. The molecule has 3 heterocycles. The van der Waals surface area contributed by atoms with Gasteiger partial charge in [0.05, 0.1) is 6.04 Å². The topological polar surface area (TPSA) is 71.3 Å². The van der Waals surface area contributed by atoms with Gasteiger partial charge in [-0.2, -0.15) is 4.98 Å². The number of amides is 1. The third-order valence-corrected chi connectivity index (χ3v) is 6.76. The summed E-state index contributed by atoms with van der Waals surface area (Å²) in [7, 11) is 0. The highest BCUT2D eigenvalue weighted by Gasteiger charge is 2.33. The number of carbonyl (C=O) groups excluding carboxylic acids is 1. The zero-order valence-corrected chi connectivity index (χ0v) is 19.9. The molecule has 2 aromatic heterocycles. The zero-order valence-electron chi connectivity index (χ0n) is 19.9. The van der Waals surface area contributed by atoms with E-state index in [2.05, 4.69) is 22.2 Å². The summed E-state index contributed by atoms with van der Waals surface area (Å²) in [5.41, 5.74) is 6.41. The Morgan fingerprint density at radius 1 is 1.15 bits per heavy atom. The van der Waals surface area contributed by atoms with Crippen molar-refractivity contribution in [3.05, 3.63) is 77.6 Å². The van der Waals surface area contributed by atoms with E-state index in [0.717, 1.165) is 58.3 Å². The number of hydrogen-bond donors (Lipinski definition) is 1. The van der Waals surface area contributed by atoms with E-state index in [9.17, 15) is 4.79 Å². The van der Waals surface area contributed by atoms with Gasteiger partial charge in [0, 0.05) is 36.6 Å². The summed E-state index contributed by atoms with van der Waals surface area (Å²) in [6, 6.07) is 16.5. The number of aromatic nitrogens is 2. The van der Waals surface area contributed by atoms with Crippen molar-refractivity contribution < 1.29 is 9.21 Å². The molecule has 174 valence electrons. The lowest BCUT2D eigenvalue weighted by atomic mass is 9.89. The van der Waals surface area contributed by atoms with Gasteiger partial charge in [0.1, 0.15) is 5.52 Å². The van der Waals surface area contributed by atoms with Gasteiger partial charge >= 0.3 is 0 Å². The molecule has 0 spiro atoms. The van der Waals surface area contributed by atoms with E-state index < -0.39 is 0 Å². The Bertz CT molecular complexity index is 1310. The first-order chi connectivity index (χ1) is 16.5. The van der Waals surface area contributed by atoms with E-state index in [-0.39, 0.29) is 11.9 Å². The van der Waals surface area contributed by atoms with Gasteiger partial charge in [0.2, 0.25) is 0 Å². The lowest BCUT2D eigenvalue weighted by Gasteiger charge is -2.40. The lowest BCUT2D eigenvalue weighted by Crippen LogP contribution is -2.51. The van der Waals surface area contributed by atoms with Crippen LogP contribution in [0.2, 0.25) is 0 Å². The quantitative estimate of drug-likeness (QED) is 0.409. The third-order valence-electron chi connectivity index (χ3n) is 6.76. The second-order valence-electron chi connectivity index (χ2n) is 9.35. The van der Waals surface area contributed by atoms with E-state index in [0.29, 0.717) is 18.5 Å². The molecule has 1 N–H and O–H groups in total. The van der Waals surface area contributed by atoms with Crippen molar-refractivity contribution >= 4 is 23.0 Å². The number of rotatable bonds is 5. The maximum atomic E-state index is 13.9. The molecule has 5 rings (SSSR count). The SMILES string of the molecule is Cc1ccc(-c2cccnc2)c(C(=O)N2CCC[C@@H](C)[C@H]2CNc2nc3cc(C)ccc3o2)c1. The molecule has 2 atom stereocenters. The van der Waals surface area contributed by atoms with Crippen LogP contribution in [-0.2, 0) is 0 Å². The predicted molar refractivity (Wildman–Crippen MR) is 135 cm³/mol. The molecule has 2 aromatic carbocycles. The molecule has 0 saturated carbocycles. The van der Waals surface area contributed by atoms with Gasteiger partial charge < -0.3 is 14.6 Å². The Morgan fingerprint density at radius 2 is 1.97 bits per heavy atom. The van der Waals surface area contributed by atoms with Gasteiger partial charge in [0.25, 0.3) is 11.9 Å². The Kier molecular flexibility index (Phi) is 6.05. The Labute approximate surface area is 200 Å². The van der Waals surface area contributed by atoms with Gasteiger partial charge in [-0.15, -0.1) is 0 Å². The number of oxazole rings is 1. The minimum atomic E-state index is 0.0419. The molecule has 0 unspecified atom stereocenters. The van der Waals surface area contributed by atoms with Crippen molar-refractivity contribution in [3.63, 3.8) is 0 Å². The van der Waals surface area contributed by atoms with E-state index in [1.807, 2.05) is 73.5 Å². The number of carbonyl (C=O) groups is 1. The fraction of sp³-hybridized carbons (Fsp3) is 0.321. The average Bonchev–Trinajstić information content (AvgIpc) is 3.25. The largest absolute Gasteiger partial charge is 0.424 e. The van der Waals surface area contributed by atoms with Crippen molar-refractivity contribution in [1.29, 1.82) is 0 Å². The molecule has 1 aliphatic heterocycles. The molecular weight excluding hydrogens is 424 g/mol. The van der Waals surface area contributed by atoms with Gasteiger partial charge in [-0.05, 0) is 68.0 Å². The van der Waals surface area contributed by atoms with Gasteiger partial charge in [-0.3, -0.25) is 9.78 Å². The summed E-state index contributed by atoms with van der Waals surface area (Å²) in [6.07, 6.45) is 5.65. The maximum absolute atomic E-state index is 13.9. The smallest absolute Gasteiger partial charge is 0.295 e. The van der Waals surface area contributed by atoms with E-state index in [1.54, 1.807) is 6.20 Å². The fourth-order valence-corrected chi connectivity index (χ4v) is 4.88. The molecule has 0 aliphatic carbocycles. The molecule has 1 saturated heterocycles. The van der Waals surface area contributed by atoms with Crippen molar-refractivity contribution in [1.82, 2.24) is 14.9 Å². The summed E-state index contributed by atoms with van der Waals surface area (Å²) in [4.78, 5) is 24.8. The average molecular weight is 455 g/mol. The molecule has 1 amide bonds. The summed E-state index contributed by atoms with van der Waals surface area (Å²) in [6.45, 7) is 7.62. The van der Waals surface area contributed by atoms with Crippen LogP contribution >= 0.6 is 0 Å². The monoisotopic (exact) mass is 454 g/mol. The number of aryl methyl sites for hydroxylation is 2. The number of piperidine rings is 1. The van der Waals surface area contributed by atoms with Crippen LogP contribution in [0.25, 0.3) is 22.2 Å². The number of likely N-dealkylation sites (tertiary alicyclic amines) is 1. The number of fused-ring (bicyclic) bond motifs is 1. The van der Waals surface area contributed by atoms with Crippen molar-refractivity contribution in [3.8, 4) is 11.1 Å². The van der Waals surface area contributed by atoms with Gasteiger partial charge in [-0.25, -0.2) is 0 Å². The van der Waals surface area contributed by atoms with Gasteiger partial charge in [-0.1, -0.05) is 36.8 Å². The summed E-state index contributed by atoms with van der Waals surface area (Å²) >= 11 is 0. The molecular formula is C28H30N4O2. The summed E-state index contributed by atoms with van der Waals surface area (Å²) < 4.78 is 5.89. The van der Waals surface area contributed by atoms with Gasteiger partial charge in [0.15, 0.2) is 5.58 Å². The highest BCUT2D eigenvalue weighted by atomic mass is 16.4. The first-order valence-corrected chi connectivity index (χ1v) is 11.9. The first-order valence-electron chi connectivity index (χ1n) is 11.9. The summed E-state index contributed by atoms with van der Waals surface area (Å²) in [5.74, 6) is 0.428. The van der Waals surface area contributed by atoms with E-state index in [1.165, 1.54) is 0 Å². The normalized spacial score (nSPS) is 18.3. The highest BCUT2D eigenvalue weighted by Crippen LogP contribution is 2.30. The second kappa shape index (κ2) is 9.29. The van der Waals surface area contributed by atoms with Crippen molar-refractivity contribution in [2.75, 3.05) is 18.4 Å². The molecule has 4 aromatic rings. The van der Waals surface area contributed by atoms with Crippen LogP contribution in [0.3, 0.4) is 0 Å². The molecule has 0 radical (unpaired) electrons. The predicted octanol–water partition coefficient (Wildman–Crippen LogP) is 5.86. The zero-order chi connectivity index (χ0) is 23.7. The van der Waals surface area contributed by atoms with Crippen LogP contribution in [0.5, 0.6) is 0 Å². The number of nitrogens with zero attached hydrogens (tertiary/aromatic N) is 3. The first kappa shape index (κ1) is 22.1. The molecule has 6 nitrogen and oxygen atoms in total. The Hall–Kier alpha value is -3.67. The molecule has 1 fully saturated rings. The van der Waals surface area contributed by atoms with Crippen molar-refractivity contribution in [2.24, 2.45) is 5.92 Å². The fourth-order valence-electron chi connectivity index (χ4n) is 4.88. The number of pyridine rings is 1. The molecule has 6 heteroatoms. The number of benzene rings is 2. The molecule has 0 bridgehead atoms. The number of hydrogen-bond acceptors (Lipinski definition) is 5. The van der Waals surface area contributed by atoms with Crippen LogP contribution < -0.4 is 5.32 Å². The minimum Gasteiger partial charge on any atom is -0.424 e. The van der Waals surface area contributed by atoms with Crippen molar-refractivity contribution in [2.45, 2.75) is 39.7 Å². The van der Waals surface area contributed by atoms with Crippen LogP contribution in [0.4, 0.5) is 6.01 Å². The van der Waals surface area contributed by atoms with Crippen LogP contribution in [0.15, 0.2) is 65.3 Å². The highest BCUT2D eigenvalue weighted by molar-refractivity contribution is 6.01. The molecule has 1 aliphatic rings. The van der Waals surface area contributed by atoms with E-state index in [4.69, 9.17) is 4.42 Å². The molecule has 34 heavy (non-hydrogen) atoms. The Morgan fingerprint density at radius 3 is 2.79 bits per heavy atom. The van der Waals surface area contributed by atoms with E-state index >= 15 is 0 Å². The third kappa shape index (κ3) is 4.40. The summed E-state index contributed by atoms with van der Waals surface area (Å²) in [5, 5.41) is 3.37. The standard InChI is InChI=1S/C28H30N4O2/c1-18-8-10-22(21-7-4-12-29-16-21)23(14-18)27(33)32-13-5-6-20(3)25(32)17-30-28-31-24-15-19(2)9-11-26(24)34-28/h4,7-12,14-16,20,25H,5-6,13,17H2,1-3H3,(H,30,31)/t20-,25-/m1/s1. The minimum absolute atomic E-state index is 0.0419.